The predicted molar refractivity (Wildman–Crippen MR) is 109 cm³/mol. The second-order valence-corrected chi connectivity index (χ2v) is 6.91. The maximum Gasteiger partial charge on any atom is 0.220 e. The normalized spacial score (nSPS) is 12.3. The van der Waals surface area contributed by atoms with Crippen molar-refractivity contribution in [3.8, 4) is 0 Å². The molecule has 0 radical (unpaired) electrons. The van der Waals surface area contributed by atoms with Gasteiger partial charge >= 0.3 is 0 Å². The summed E-state index contributed by atoms with van der Waals surface area (Å²) in [6, 6.07) is 17.0. The Hall–Kier alpha value is -2.55. The molecule has 1 atom stereocenters. The monoisotopic (exact) mass is 348 g/mol. The molecular formula is C23H28N2O. The summed E-state index contributed by atoms with van der Waals surface area (Å²) in [7, 11) is 0. The van der Waals surface area contributed by atoms with Crippen LogP contribution in [0.25, 0.3) is 10.9 Å². The maximum atomic E-state index is 12.5. The number of fused-ring (bicyclic) bond motifs is 1. The Kier molecular flexibility index (Phi) is 5.77. The molecule has 0 aliphatic rings. The van der Waals surface area contributed by atoms with Gasteiger partial charge in [-0.1, -0.05) is 55.0 Å². The minimum absolute atomic E-state index is 0.0597. The summed E-state index contributed by atoms with van der Waals surface area (Å²) in [5.74, 6) is 0.177. The number of aromatic nitrogens is 1. The van der Waals surface area contributed by atoms with Gasteiger partial charge < -0.3 is 9.88 Å². The number of carbonyl (C=O) groups is 1. The number of nitrogens with zero attached hydrogens (tertiary/aromatic N) is 1. The van der Waals surface area contributed by atoms with Gasteiger partial charge in [-0.3, -0.25) is 4.79 Å². The van der Waals surface area contributed by atoms with E-state index in [2.05, 4.69) is 85.4 Å². The number of hydrogen-bond acceptors (Lipinski definition) is 1. The molecule has 0 spiro atoms. The molecule has 0 saturated heterocycles. The van der Waals surface area contributed by atoms with Crippen molar-refractivity contribution in [1.29, 1.82) is 0 Å². The number of hydrogen-bond donors (Lipinski definition) is 1. The van der Waals surface area contributed by atoms with Crippen molar-refractivity contribution in [2.45, 2.75) is 46.1 Å². The summed E-state index contributed by atoms with van der Waals surface area (Å²) >= 11 is 0. The van der Waals surface area contributed by atoms with Crippen LogP contribution in [0.1, 0.15) is 49.3 Å². The topological polar surface area (TPSA) is 34.0 Å². The molecule has 3 rings (SSSR count). The van der Waals surface area contributed by atoms with Crippen LogP contribution in [0, 0.1) is 6.92 Å². The van der Waals surface area contributed by atoms with E-state index in [-0.39, 0.29) is 11.8 Å². The molecule has 1 amide bonds. The number of carbonyl (C=O) groups excluding carboxylic acids is 1. The molecule has 3 aromatic rings. The molecule has 3 nitrogen and oxygen atoms in total. The highest BCUT2D eigenvalue weighted by Gasteiger charge is 2.22. The zero-order chi connectivity index (χ0) is 18.5. The van der Waals surface area contributed by atoms with E-state index in [9.17, 15) is 4.79 Å². The van der Waals surface area contributed by atoms with Gasteiger partial charge in [-0.15, -0.1) is 0 Å². The van der Waals surface area contributed by atoms with E-state index in [1.54, 1.807) is 0 Å². The molecule has 3 heteroatoms. The molecule has 0 aliphatic heterocycles. The van der Waals surface area contributed by atoms with Gasteiger partial charge in [-0.25, -0.2) is 0 Å². The van der Waals surface area contributed by atoms with Crippen molar-refractivity contribution in [3.63, 3.8) is 0 Å². The zero-order valence-electron chi connectivity index (χ0n) is 16.0. The van der Waals surface area contributed by atoms with E-state index in [0.29, 0.717) is 6.42 Å². The fourth-order valence-corrected chi connectivity index (χ4v) is 3.63. The molecular weight excluding hydrogens is 320 g/mol. The van der Waals surface area contributed by atoms with Crippen LogP contribution in [0.3, 0.4) is 0 Å². The Morgan fingerprint density at radius 2 is 1.92 bits per heavy atom. The lowest BCUT2D eigenvalue weighted by atomic mass is 9.87. The molecule has 1 N–H and O–H groups in total. The quantitative estimate of drug-likeness (QED) is 0.639. The minimum atomic E-state index is 0.0597. The lowest BCUT2D eigenvalue weighted by Crippen LogP contribution is -2.26. The molecule has 26 heavy (non-hydrogen) atoms. The molecule has 1 heterocycles. The van der Waals surface area contributed by atoms with Gasteiger partial charge in [-0.05, 0) is 37.5 Å². The minimum Gasteiger partial charge on any atom is -0.356 e. The van der Waals surface area contributed by atoms with Crippen LogP contribution in [0.5, 0.6) is 0 Å². The van der Waals surface area contributed by atoms with E-state index in [4.69, 9.17) is 0 Å². The van der Waals surface area contributed by atoms with Crippen molar-refractivity contribution in [3.05, 3.63) is 71.4 Å². The average molecular weight is 348 g/mol. The smallest absolute Gasteiger partial charge is 0.220 e. The molecule has 136 valence electrons. The Morgan fingerprint density at radius 3 is 2.65 bits per heavy atom. The molecule has 1 unspecified atom stereocenters. The number of amides is 1. The van der Waals surface area contributed by atoms with Crippen LogP contribution >= 0.6 is 0 Å². The van der Waals surface area contributed by atoms with Gasteiger partial charge in [0.25, 0.3) is 0 Å². The highest BCUT2D eigenvalue weighted by molar-refractivity contribution is 5.86. The second-order valence-electron chi connectivity index (χ2n) is 6.91. The standard InChI is InChI=1S/C23H28N2O/c1-4-13-24-23(26)15-20(18-10-8-9-17(3)14-18)21-16-25(5-2)22-12-7-6-11-19(21)22/h6-12,14,16,20H,4-5,13,15H2,1-3H3,(H,24,26). The van der Waals surface area contributed by atoms with Crippen LogP contribution < -0.4 is 5.32 Å². The number of nitrogens with one attached hydrogen (secondary N) is 1. The average Bonchev–Trinajstić information content (AvgIpc) is 3.03. The molecule has 0 fully saturated rings. The van der Waals surface area contributed by atoms with Gasteiger partial charge in [0.15, 0.2) is 0 Å². The van der Waals surface area contributed by atoms with Gasteiger partial charge in [-0.2, -0.15) is 0 Å². The van der Waals surface area contributed by atoms with E-state index in [1.165, 1.54) is 27.6 Å². The Bertz CT molecular complexity index is 894. The van der Waals surface area contributed by atoms with Crippen molar-refractivity contribution in [1.82, 2.24) is 9.88 Å². The highest BCUT2D eigenvalue weighted by atomic mass is 16.1. The number of benzene rings is 2. The third-order valence-corrected chi connectivity index (χ3v) is 4.94. The Labute approximate surface area is 156 Å². The number of para-hydroxylation sites is 1. The number of aryl methyl sites for hydroxylation is 2. The first-order valence-electron chi connectivity index (χ1n) is 9.55. The van der Waals surface area contributed by atoms with E-state index < -0.39 is 0 Å². The van der Waals surface area contributed by atoms with Crippen LogP contribution in [0.4, 0.5) is 0 Å². The third-order valence-electron chi connectivity index (χ3n) is 4.94. The second kappa shape index (κ2) is 8.22. The third kappa shape index (κ3) is 3.82. The van der Waals surface area contributed by atoms with E-state index >= 15 is 0 Å². The highest BCUT2D eigenvalue weighted by Crippen LogP contribution is 2.35. The fraction of sp³-hybridized carbons (Fsp3) is 0.348. The maximum absolute atomic E-state index is 12.5. The van der Waals surface area contributed by atoms with Crippen LogP contribution in [0.15, 0.2) is 54.7 Å². The Balaban J connectivity index is 2.07. The first-order valence-corrected chi connectivity index (χ1v) is 9.55. The first-order chi connectivity index (χ1) is 12.6. The zero-order valence-corrected chi connectivity index (χ0v) is 16.0. The van der Waals surface area contributed by atoms with Crippen molar-refractivity contribution >= 4 is 16.8 Å². The SMILES string of the molecule is CCCNC(=O)CC(c1cccc(C)c1)c1cn(CC)c2ccccc12. The van der Waals surface area contributed by atoms with Gasteiger partial charge in [0.05, 0.1) is 0 Å². The summed E-state index contributed by atoms with van der Waals surface area (Å²) in [6.07, 6.45) is 3.65. The number of rotatable bonds is 7. The predicted octanol–water partition coefficient (Wildman–Crippen LogP) is 5.02. The summed E-state index contributed by atoms with van der Waals surface area (Å²) < 4.78 is 2.28. The van der Waals surface area contributed by atoms with Gasteiger partial charge in [0, 0.05) is 42.5 Å². The van der Waals surface area contributed by atoms with Crippen molar-refractivity contribution in [2.24, 2.45) is 0 Å². The molecule has 2 aromatic carbocycles. The summed E-state index contributed by atoms with van der Waals surface area (Å²) in [5.41, 5.74) is 4.90. The Morgan fingerprint density at radius 1 is 1.12 bits per heavy atom. The van der Waals surface area contributed by atoms with Crippen LogP contribution in [0.2, 0.25) is 0 Å². The van der Waals surface area contributed by atoms with Crippen LogP contribution in [-0.2, 0) is 11.3 Å². The molecule has 1 aromatic heterocycles. The molecule has 0 saturated carbocycles. The summed E-state index contributed by atoms with van der Waals surface area (Å²) in [5, 5.41) is 4.28. The lowest BCUT2D eigenvalue weighted by molar-refractivity contribution is -0.121. The van der Waals surface area contributed by atoms with Gasteiger partial charge in [0.2, 0.25) is 5.91 Å². The molecule has 0 bridgehead atoms. The fourth-order valence-electron chi connectivity index (χ4n) is 3.63. The summed E-state index contributed by atoms with van der Waals surface area (Å²) in [6.45, 7) is 7.99. The van der Waals surface area contributed by atoms with Crippen molar-refractivity contribution in [2.75, 3.05) is 6.54 Å². The summed E-state index contributed by atoms with van der Waals surface area (Å²) in [4.78, 5) is 12.5. The van der Waals surface area contributed by atoms with E-state index in [0.717, 1.165) is 19.5 Å². The van der Waals surface area contributed by atoms with E-state index in [1.807, 2.05) is 0 Å². The first kappa shape index (κ1) is 18.2. The largest absolute Gasteiger partial charge is 0.356 e. The molecule has 0 aliphatic carbocycles. The van der Waals surface area contributed by atoms with Crippen molar-refractivity contribution < 1.29 is 4.79 Å². The van der Waals surface area contributed by atoms with Gasteiger partial charge in [0.1, 0.15) is 0 Å². The van der Waals surface area contributed by atoms with Crippen LogP contribution in [-0.4, -0.2) is 17.0 Å². The lowest BCUT2D eigenvalue weighted by Gasteiger charge is -2.18.